The molecule has 1 heterocycles. The summed E-state index contributed by atoms with van der Waals surface area (Å²) in [6.45, 7) is 2.63. The molecule has 0 radical (unpaired) electrons. The predicted octanol–water partition coefficient (Wildman–Crippen LogP) is 3.60. The van der Waals surface area contributed by atoms with Crippen LogP contribution < -0.4 is 10.1 Å². The van der Waals surface area contributed by atoms with Crippen molar-refractivity contribution in [1.29, 1.82) is 0 Å². The van der Waals surface area contributed by atoms with Gasteiger partial charge in [-0.3, -0.25) is 0 Å². The van der Waals surface area contributed by atoms with Crippen LogP contribution in [0, 0.1) is 5.82 Å². The second-order valence-corrected chi connectivity index (χ2v) is 4.26. The molecule has 0 amide bonds. The molecule has 2 aromatic rings. The van der Waals surface area contributed by atoms with Crippen LogP contribution in [0.5, 0.6) is 11.6 Å². The van der Waals surface area contributed by atoms with Crippen LogP contribution >= 0.6 is 15.9 Å². The molecule has 0 aliphatic carbocycles. The molecule has 0 saturated heterocycles. The Balaban J connectivity index is 2.28. The van der Waals surface area contributed by atoms with E-state index in [0.717, 1.165) is 0 Å². The molecular weight excluding hydrogens is 301 g/mol. The number of halogens is 2. The molecule has 94 valence electrons. The maximum absolute atomic E-state index is 13.5. The number of nitrogens with zero attached hydrogens (tertiary/aromatic N) is 2. The van der Waals surface area contributed by atoms with Gasteiger partial charge in [-0.05, 0) is 35.0 Å². The van der Waals surface area contributed by atoms with Gasteiger partial charge in [-0.1, -0.05) is 12.1 Å². The second kappa shape index (κ2) is 5.77. The van der Waals surface area contributed by atoms with Crippen LogP contribution in [0.1, 0.15) is 6.92 Å². The fourth-order valence-corrected chi connectivity index (χ4v) is 1.57. The van der Waals surface area contributed by atoms with Gasteiger partial charge < -0.3 is 10.1 Å². The molecule has 1 aromatic carbocycles. The van der Waals surface area contributed by atoms with E-state index >= 15 is 0 Å². The van der Waals surface area contributed by atoms with Gasteiger partial charge >= 0.3 is 0 Å². The van der Waals surface area contributed by atoms with Crippen LogP contribution in [-0.4, -0.2) is 16.5 Å². The van der Waals surface area contributed by atoms with E-state index in [4.69, 9.17) is 4.74 Å². The molecule has 18 heavy (non-hydrogen) atoms. The number of anilines is 1. The second-order valence-electron chi connectivity index (χ2n) is 3.41. The topological polar surface area (TPSA) is 47.0 Å². The highest BCUT2D eigenvalue weighted by atomic mass is 79.9. The Labute approximate surface area is 112 Å². The van der Waals surface area contributed by atoms with Crippen LogP contribution in [0.2, 0.25) is 0 Å². The van der Waals surface area contributed by atoms with Crippen molar-refractivity contribution in [3.8, 4) is 11.6 Å². The number of nitrogens with one attached hydrogen (secondary N) is 1. The van der Waals surface area contributed by atoms with Gasteiger partial charge in [-0.15, -0.1) is 0 Å². The summed E-state index contributed by atoms with van der Waals surface area (Å²) in [7, 11) is 0. The largest absolute Gasteiger partial charge is 0.435 e. The van der Waals surface area contributed by atoms with Crippen molar-refractivity contribution in [2.45, 2.75) is 6.92 Å². The summed E-state index contributed by atoms with van der Waals surface area (Å²) in [6.07, 6.45) is 1.56. The Morgan fingerprint density at radius 3 is 2.89 bits per heavy atom. The molecule has 2 rings (SSSR count). The smallest absolute Gasteiger partial charge is 0.238 e. The van der Waals surface area contributed by atoms with Crippen molar-refractivity contribution in [3.05, 3.63) is 40.8 Å². The SMILES string of the molecule is CCNc1ncc(Br)c(Oc2ccccc2F)n1. The van der Waals surface area contributed by atoms with Gasteiger partial charge in [0.15, 0.2) is 11.6 Å². The van der Waals surface area contributed by atoms with E-state index in [9.17, 15) is 4.39 Å². The molecule has 0 fully saturated rings. The number of ether oxygens (including phenoxy) is 1. The van der Waals surface area contributed by atoms with E-state index in [0.29, 0.717) is 17.0 Å². The molecule has 1 aromatic heterocycles. The molecule has 0 saturated carbocycles. The van der Waals surface area contributed by atoms with Crippen LogP contribution in [0.3, 0.4) is 0 Å². The van der Waals surface area contributed by atoms with Gasteiger partial charge in [0.2, 0.25) is 11.8 Å². The quantitative estimate of drug-likeness (QED) is 0.937. The highest BCUT2D eigenvalue weighted by Gasteiger charge is 2.09. The number of hydrogen-bond acceptors (Lipinski definition) is 4. The number of hydrogen-bond donors (Lipinski definition) is 1. The van der Waals surface area contributed by atoms with E-state index < -0.39 is 5.82 Å². The highest BCUT2D eigenvalue weighted by molar-refractivity contribution is 9.10. The molecular formula is C12H11BrFN3O. The van der Waals surface area contributed by atoms with Crippen molar-refractivity contribution in [1.82, 2.24) is 9.97 Å². The lowest BCUT2D eigenvalue weighted by Crippen LogP contribution is -2.03. The maximum atomic E-state index is 13.5. The average molecular weight is 312 g/mol. The minimum Gasteiger partial charge on any atom is -0.435 e. The first-order chi connectivity index (χ1) is 8.70. The number of aromatic nitrogens is 2. The zero-order valence-corrected chi connectivity index (χ0v) is 11.2. The summed E-state index contributed by atoms with van der Waals surface area (Å²) >= 11 is 3.26. The molecule has 0 unspecified atom stereocenters. The van der Waals surface area contributed by atoms with E-state index in [2.05, 4.69) is 31.2 Å². The van der Waals surface area contributed by atoms with Crippen molar-refractivity contribution in [2.75, 3.05) is 11.9 Å². The van der Waals surface area contributed by atoms with E-state index in [-0.39, 0.29) is 11.6 Å². The standard InChI is InChI=1S/C12H11BrFN3O/c1-2-15-12-16-7-8(13)11(17-12)18-10-6-4-3-5-9(10)14/h3-7H,2H2,1H3,(H,15,16,17). The molecule has 6 heteroatoms. The van der Waals surface area contributed by atoms with E-state index in [1.54, 1.807) is 18.3 Å². The molecule has 0 bridgehead atoms. The van der Waals surface area contributed by atoms with Crippen molar-refractivity contribution in [3.63, 3.8) is 0 Å². The van der Waals surface area contributed by atoms with Crippen molar-refractivity contribution >= 4 is 21.9 Å². The fraction of sp³-hybridized carbons (Fsp3) is 0.167. The maximum Gasteiger partial charge on any atom is 0.238 e. The van der Waals surface area contributed by atoms with Gasteiger partial charge in [0.05, 0.1) is 10.7 Å². The third-order valence-corrected chi connectivity index (χ3v) is 2.63. The Bertz CT molecular complexity index is 551. The van der Waals surface area contributed by atoms with Crippen LogP contribution in [0.4, 0.5) is 10.3 Å². The number of rotatable bonds is 4. The monoisotopic (exact) mass is 311 g/mol. The summed E-state index contributed by atoms with van der Waals surface area (Å²) in [4.78, 5) is 8.19. The lowest BCUT2D eigenvalue weighted by molar-refractivity contribution is 0.424. The average Bonchev–Trinajstić information content (AvgIpc) is 2.36. The third kappa shape index (κ3) is 2.95. The van der Waals surface area contributed by atoms with Crippen molar-refractivity contribution in [2.24, 2.45) is 0 Å². The zero-order chi connectivity index (χ0) is 13.0. The minimum absolute atomic E-state index is 0.124. The molecule has 1 N–H and O–H groups in total. The summed E-state index contributed by atoms with van der Waals surface area (Å²) in [5.74, 6) is 0.394. The van der Waals surface area contributed by atoms with Gasteiger partial charge in [0.25, 0.3) is 0 Å². The predicted molar refractivity (Wildman–Crippen MR) is 70.4 cm³/mol. The fourth-order valence-electron chi connectivity index (χ4n) is 1.30. The summed E-state index contributed by atoms with van der Waals surface area (Å²) < 4.78 is 19.4. The van der Waals surface area contributed by atoms with Gasteiger partial charge in [-0.25, -0.2) is 9.37 Å². The van der Waals surface area contributed by atoms with Gasteiger partial charge in [-0.2, -0.15) is 4.98 Å². The summed E-state index contributed by atoms with van der Waals surface area (Å²) in [5.41, 5.74) is 0. The lowest BCUT2D eigenvalue weighted by atomic mass is 10.3. The highest BCUT2D eigenvalue weighted by Crippen LogP contribution is 2.29. The first-order valence-electron chi connectivity index (χ1n) is 5.39. The summed E-state index contributed by atoms with van der Waals surface area (Å²) in [5, 5.41) is 2.96. The lowest BCUT2D eigenvalue weighted by Gasteiger charge is -2.08. The van der Waals surface area contributed by atoms with Crippen LogP contribution in [0.15, 0.2) is 34.9 Å². The molecule has 0 aliphatic heterocycles. The molecule has 0 aliphatic rings. The first-order valence-corrected chi connectivity index (χ1v) is 6.18. The van der Waals surface area contributed by atoms with Gasteiger partial charge in [0, 0.05) is 6.54 Å². The Morgan fingerprint density at radius 1 is 1.39 bits per heavy atom. The Kier molecular flexibility index (Phi) is 4.09. The molecule has 0 atom stereocenters. The Morgan fingerprint density at radius 2 is 2.17 bits per heavy atom. The van der Waals surface area contributed by atoms with Crippen molar-refractivity contribution < 1.29 is 9.13 Å². The molecule has 0 spiro atoms. The third-order valence-electron chi connectivity index (χ3n) is 2.09. The van der Waals surface area contributed by atoms with Crippen LogP contribution in [0.25, 0.3) is 0 Å². The van der Waals surface area contributed by atoms with Crippen LogP contribution in [-0.2, 0) is 0 Å². The Hall–Kier alpha value is -1.69. The summed E-state index contributed by atoms with van der Waals surface area (Å²) in [6, 6.07) is 6.16. The number of para-hydroxylation sites is 1. The first kappa shape index (κ1) is 12.8. The number of benzene rings is 1. The van der Waals surface area contributed by atoms with E-state index in [1.165, 1.54) is 12.1 Å². The zero-order valence-electron chi connectivity index (χ0n) is 9.65. The van der Waals surface area contributed by atoms with E-state index in [1.807, 2.05) is 6.92 Å². The minimum atomic E-state index is -0.437. The van der Waals surface area contributed by atoms with Gasteiger partial charge in [0.1, 0.15) is 0 Å². The normalized spacial score (nSPS) is 10.2. The molecule has 4 nitrogen and oxygen atoms in total.